The molecule has 2 N–H and O–H groups in total. The Morgan fingerprint density at radius 1 is 0.565 bits per heavy atom. The fourth-order valence-electron chi connectivity index (χ4n) is 6.40. The Hall–Kier alpha value is -5.25. The largest absolute Gasteiger partial charge is 0.508 e. The second-order valence-corrected chi connectivity index (χ2v) is 11.7. The number of benzene rings is 4. The lowest BCUT2D eigenvalue weighted by molar-refractivity contribution is -0.123. The molecule has 8 rings (SSSR count). The Morgan fingerprint density at radius 2 is 1.00 bits per heavy atom. The molecule has 12 heteroatoms. The van der Waals surface area contributed by atoms with Gasteiger partial charge in [-0.1, -0.05) is 38.1 Å². The van der Waals surface area contributed by atoms with Crippen molar-refractivity contribution in [2.75, 3.05) is 0 Å². The summed E-state index contributed by atoms with van der Waals surface area (Å²) in [5.74, 6) is -0.264. The average Bonchev–Trinajstić information content (AvgIpc) is 3.45. The van der Waals surface area contributed by atoms with Crippen molar-refractivity contribution in [1.29, 1.82) is 0 Å². The first-order valence-corrected chi connectivity index (χ1v) is 14.4. The number of aromatic hydroxyl groups is 2. The third kappa shape index (κ3) is 4.50. The molecule has 4 aromatic carbocycles. The second-order valence-electron chi connectivity index (χ2n) is 11.7. The molecule has 4 amide bonds. The summed E-state index contributed by atoms with van der Waals surface area (Å²) >= 11 is 0. The summed E-state index contributed by atoms with van der Waals surface area (Å²) in [6.07, 6.45) is 0. The smallest absolute Gasteiger partial charge is 0.261 e. The molecule has 0 saturated heterocycles. The Balaban J connectivity index is 0.000000174. The van der Waals surface area contributed by atoms with Gasteiger partial charge in [-0.25, -0.2) is 0 Å². The normalized spacial score (nSPS) is 22.5. The maximum atomic E-state index is 12.9. The van der Waals surface area contributed by atoms with Crippen molar-refractivity contribution in [3.05, 3.63) is 82.9 Å². The topological polar surface area (TPSA) is 140 Å². The van der Waals surface area contributed by atoms with Gasteiger partial charge >= 0.3 is 0 Å². The molecule has 4 heterocycles. The van der Waals surface area contributed by atoms with Gasteiger partial charge in [-0.2, -0.15) is 9.98 Å². The maximum absolute atomic E-state index is 12.9. The van der Waals surface area contributed by atoms with Crippen molar-refractivity contribution < 1.29 is 29.4 Å². The molecule has 0 aromatic heterocycles. The molecule has 4 aliphatic heterocycles. The summed E-state index contributed by atoms with van der Waals surface area (Å²) in [6.45, 7) is 7.29. The second kappa shape index (κ2) is 11.3. The minimum atomic E-state index is -0.318. The van der Waals surface area contributed by atoms with Crippen LogP contribution in [-0.2, 0) is 9.59 Å². The Kier molecular flexibility index (Phi) is 7.88. The van der Waals surface area contributed by atoms with Crippen LogP contribution in [0.15, 0.2) is 70.6 Å². The van der Waals surface area contributed by atoms with Crippen LogP contribution in [-0.4, -0.2) is 84.2 Å². The number of aliphatic imine (C=N–C) groups is 2. The van der Waals surface area contributed by atoms with E-state index in [1.54, 1.807) is 66.1 Å². The first-order valence-electron chi connectivity index (χ1n) is 14.4. The lowest BCUT2D eigenvalue weighted by Crippen LogP contribution is -2.48. The summed E-state index contributed by atoms with van der Waals surface area (Å²) in [4.78, 5) is 61.1. The number of carbonyl (C=O) groups excluding carboxylic acids is 4. The van der Waals surface area contributed by atoms with Crippen LogP contribution in [0.4, 0.5) is 0 Å². The number of amides is 4. The maximum Gasteiger partial charge on any atom is 0.261 e. The molecular formula is C34H28B2N4O6. The Morgan fingerprint density at radius 3 is 1.54 bits per heavy atom. The highest BCUT2D eigenvalue weighted by Gasteiger charge is 2.45. The number of nitrogens with zero attached hydrogens (tertiary/aromatic N) is 4. The van der Waals surface area contributed by atoms with E-state index in [-0.39, 0.29) is 75.9 Å². The van der Waals surface area contributed by atoms with Crippen molar-refractivity contribution in [3.8, 4) is 11.5 Å². The average molecular weight is 610 g/mol. The van der Waals surface area contributed by atoms with Gasteiger partial charge in [0.25, 0.3) is 23.6 Å². The molecule has 4 aliphatic rings. The summed E-state index contributed by atoms with van der Waals surface area (Å²) in [5.41, 5.74) is 2.35. The van der Waals surface area contributed by atoms with Gasteiger partial charge in [-0.3, -0.25) is 29.0 Å². The number of hydrogen-bond acceptors (Lipinski definition) is 6. The van der Waals surface area contributed by atoms with Gasteiger partial charge < -0.3 is 10.2 Å². The van der Waals surface area contributed by atoms with Gasteiger partial charge in [0, 0.05) is 40.0 Å². The monoisotopic (exact) mass is 610 g/mol. The molecule has 6 radical (unpaired) electrons. The van der Waals surface area contributed by atoms with E-state index in [1.165, 1.54) is 0 Å². The quantitative estimate of drug-likeness (QED) is 0.290. The Bertz CT molecular complexity index is 2070. The first kappa shape index (κ1) is 32.2. The Labute approximate surface area is 268 Å². The highest BCUT2D eigenvalue weighted by molar-refractivity contribution is 6.31. The molecule has 4 atom stereocenters. The van der Waals surface area contributed by atoms with Crippen molar-refractivity contribution in [2.24, 2.45) is 21.8 Å². The van der Waals surface area contributed by atoms with E-state index in [2.05, 4.69) is 9.98 Å². The van der Waals surface area contributed by atoms with Crippen molar-refractivity contribution >= 4 is 73.7 Å². The number of fused-ring (bicyclic) bond motifs is 10. The van der Waals surface area contributed by atoms with Gasteiger partial charge in [-0.05, 0) is 71.8 Å². The zero-order valence-corrected chi connectivity index (χ0v) is 25.6. The van der Waals surface area contributed by atoms with Crippen LogP contribution in [0, 0.1) is 11.8 Å². The molecular weight excluding hydrogens is 582 g/mol. The van der Waals surface area contributed by atoms with E-state index in [0.29, 0.717) is 39.3 Å². The number of hydrogen-bond donors (Lipinski definition) is 2. The van der Waals surface area contributed by atoms with Crippen LogP contribution in [0.1, 0.15) is 59.5 Å². The number of phenols is 2. The lowest BCUT2D eigenvalue weighted by atomic mass is 9.98. The molecule has 226 valence electrons. The van der Waals surface area contributed by atoms with E-state index >= 15 is 0 Å². The molecule has 10 nitrogen and oxygen atoms in total. The fourth-order valence-corrected chi connectivity index (χ4v) is 6.40. The molecule has 2 unspecified atom stereocenters. The van der Waals surface area contributed by atoms with E-state index in [1.807, 2.05) is 32.0 Å². The van der Waals surface area contributed by atoms with Gasteiger partial charge in [0.2, 0.25) is 0 Å². The predicted molar refractivity (Wildman–Crippen MR) is 175 cm³/mol. The van der Waals surface area contributed by atoms with Crippen molar-refractivity contribution in [3.63, 3.8) is 0 Å². The third-order valence-corrected chi connectivity index (χ3v) is 9.29. The summed E-state index contributed by atoms with van der Waals surface area (Å²) < 4.78 is 0. The molecule has 4 aromatic rings. The van der Waals surface area contributed by atoms with E-state index in [9.17, 15) is 29.4 Å². The highest BCUT2D eigenvalue weighted by atomic mass is 16.3. The predicted octanol–water partition coefficient (Wildman–Crippen LogP) is 3.86. The molecule has 0 aliphatic carbocycles. The van der Waals surface area contributed by atoms with Crippen LogP contribution in [0.25, 0.3) is 21.5 Å². The molecule has 0 saturated carbocycles. The third-order valence-electron chi connectivity index (χ3n) is 9.29. The number of amidine groups is 2. The van der Waals surface area contributed by atoms with Crippen molar-refractivity contribution in [1.82, 2.24) is 9.80 Å². The van der Waals surface area contributed by atoms with Crippen LogP contribution in [0.2, 0.25) is 0 Å². The lowest BCUT2D eigenvalue weighted by Gasteiger charge is -2.32. The van der Waals surface area contributed by atoms with Gasteiger partial charge in [0.1, 0.15) is 23.2 Å². The number of carbonyl (C=O) groups is 4. The SMILES string of the molecule is CC1C(=O)N=C2c3c(ccc4ccc(O)cc34)C(=O)N2[C@H]1C.CC1[C@H](C)C(=O)N=C2c3ccc4ccc(O)cc4c3C(=O)N21.[B].[B]. The van der Waals surface area contributed by atoms with Crippen LogP contribution >= 0.6 is 0 Å². The van der Waals surface area contributed by atoms with Crippen LogP contribution < -0.4 is 0 Å². The van der Waals surface area contributed by atoms with E-state index in [0.717, 1.165) is 16.2 Å². The molecule has 0 spiro atoms. The minimum Gasteiger partial charge on any atom is -0.508 e. The van der Waals surface area contributed by atoms with Crippen molar-refractivity contribution in [2.45, 2.75) is 39.8 Å². The van der Waals surface area contributed by atoms with Crippen LogP contribution in [0.5, 0.6) is 11.5 Å². The fraction of sp³-hybridized carbons (Fsp3) is 0.235. The molecule has 0 fully saturated rings. The standard InChI is InChI=1S/2C17H14N2O3.2B/c1-8-9(2)19-15(18-16(8)21)14-12(17(19)22)6-4-10-3-5-11(20)7-13(10)14;1-8-9(2)19-15(18-16(8)21)12-6-4-10-3-5-11(20)7-13(10)14(12)17(19)22;;/h2*3-9,20H,1-2H3;;/t8?,9-;8-,9?;;/m00../s1. The zero-order chi connectivity index (χ0) is 31.2. The summed E-state index contributed by atoms with van der Waals surface area (Å²) in [5, 5.41) is 22.7. The minimum absolute atomic E-state index is 0. The van der Waals surface area contributed by atoms with Crippen LogP contribution in [0.3, 0.4) is 0 Å². The van der Waals surface area contributed by atoms with E-state index < -0.39 is 0 Å². The number of phenolic OH excluding ortho intramolecular Hbond substituents is 2. The number of rotatable bonds is 0. The molecule has 0 bridgehead atoms. The summed E-state index contributed by atoms with van der Waals surface area (Å²) in [7, 11) is 0. The van der Waals surface area contributed by atoms with Gasteiger partial charge in [0.05, 0.1) is 23.0 Å². The van der Waals surface area contributed by atoms with Gasteiger partial charge in [0.15, 0.2) is 0 Å². The highest BCUT2D eigenvalue weighted by Crippen LogP contribution is 2.38. The first-order chi connectivity index (χ1) is 21.0. The van der Waals surface area contributed by atoms with Gasteiger partial charge in [-0.15, -0.1) is 0 Å². The zero-order valence-electron chi connectivity index (χ0n) is 25.6. The molecule has 46 heavy (non-hydrogen) atoms. The summed E-state index contributed by atoms with van der Waals surface area (Å²) in [6, 6.07) is 16.8. The van der Waals surface area contributed by atoms with E-state index in [4.69, 9.17) is 0 Å².